The van der Waals surface area contributed by atoms with Crippen molar-refractivity contribution in [3.05, 3.63) is 65.5 Å². The van der Waals surface area contributed by atoms with E-state index < -0.39 is 0 Å². The van der Waals surface area contributed by atoms with Crippen LogP contribution in [0.2, 0.25) is 0 Å². The van der Waals surface area contributed by atoms with Gasteiger partial charge in [-0.1, -0.05) is 31.2 Å². The Morgan fingerprint density at radius 2 is 2.00 bits per heavy atom. The highest BCUT2D eigenvalue weighted by Crippen LogP contribution is 2.29. The second-order valence-electron chi connectivity index (χ2n) is 6.96. The van der Waals surface area contributed by atoms with Gasteiger partial charge in [0, 0.05) is 18.8 Å². The van der Waals surface area contributed by atoms with Crippen molar-refractivity contribution in [3.8, 4) is 0 Å². The van der Waals surface area contributed by atoms with Crippen molar-refractivity contribution >= 4 is 5.91 Å². The van der Waals surface area contributed by atoms with Crippen LogP contribution in [-0.2, 0) is 9.53 Å². The third-order valence-corrected chi connectivity index (χ3v) is 5.04. The number of pyridine rings is 1. The first kappa shape index (κ1) is 17.6. The van der Waals surface area contributed by atoms with E-state index >= 15 is 0 Å². The van der Waals surface area contributed by atoms with Crippen molar-refractivity contribution in [2.75, 3.05) is 13.2 Å². The van der Waals surface area contributed by atoms with Crippen molar-refractivity contribution in [2.45, 2.75) is 45.3 Å². The summed E-state index contributed by atoms with van der Waals surface area (Å²) in [6, 6.07) is 12.3. The zero-order valence-electron chi connectivity index (χ0n) is 15.2. The fourth-order valence-corrected chi connectivity index (χ4v) is 3.43. The summed E-state index contributed by atoms with van der Waals surface area (Å²) >= 11 is 0. The molecule has 0 unspecified atom stereocenters. The molecule has 2 aromatic rings. The Hall–Kier alpha value is -2.20. The summed E-state index contributed by atoms with van der Waals surface area (Å²) < 4.78 is 6.02. The van der Waals surface area contributed by atoms with Gasteiger partial charge in [0.15, 0.2) is 0 Å². The zero-order chi connectivity index (χ0) is 17.8. The SMILES string of the molecule is Cc1ccccc1[C@@H]1CN(C(=O)C[C@@H](C)c2ccncc2)[C@@H](C)CO1. The average Bonchev–Trinajstić information content (AvgIpc) is 2.63. The molecule has 2 heterocycles. The summed E-state index contributed by atoms with van der Waals surface area (Å²) in [4.78, 5) is 18.9. The number of amides is 1. The van der Waals surface area contributed by atoms with E-state index in [9.17, 15) is 4.79 Å². The quantitative estimate of drug-likeness (QED) is 0.850. The van der Waals surface area contributed by atoms with Gasteiger partial charge in [0.2, 0.25) is 5.91 Å². The predicted molar refractivity (Wildman–Crippen MR) is 98.3 cm³/mol. The Balaban J connectivity index is 1.69. The van der Waals surface area contributed by atoms with Crippen LogP contribution in [0.15, 0.2) is 48.8 Å². The third kappa shape index (κ3) is 4.07. The molecule has 1 fully saturated rings. The summed E-state index contributed by atoms with van der Waals surface area (Å²) in [5, 5.41) is 0. The number of aryl methyl sites for hydroxylation is 1. The Bertz CT molecular complexity index is 717. The summed E-state index contributed by atoms with van der Waals surface area (Å²) in [7, 11) is 0. The molecule has 0 spiro atoms. The van der Waals surface area contributed by atoms with E-state index in [1.165, 1.54) is 11.1 Å². The van der Waals surface area contributed by atoms with Crippen molar-refractivity contribution in [3.63, 3.8) is 0 Å². The van der Waals surface area contributed by atoms with Crippen molar-refractivity contribution in [1.29, 1.82) is 0 Å². The van der Waals surface area contributed by atoms with Crippen molar-refractivity contribution < 1.29 is 9.53 Å². The van der Waals surface area contributed by atoms with Gasteiger partial charge in [0.25, 0.3) is 0 Å². The Kier molecular flexibility index (Phi) is 5.49. The number of ether oxygens (including phenoxy) is 1. The number of hydrogen-bond acceptors (Lipinski definition) is 3. The van der Waals surface area contributed by atoms with Gasteiger partial charge in [0.1, 0.15) is 6.10 Å². The minimum atomic E-state index is -0.0439. The first-order valence-electron chi connectivity index (χ1n) is 8.92. The van der Waals surface area contributed by atoms with Crippen LogP contribution >= 0.6 is 0 Å². The number of morpholine rings is 1. The first-order valence-corrected chi connectivity index (χ1v) is 8.92. The van der Waals surface area contributed by atoms with Gasteiger partial charge in [-0.05, 0) is 48.6 Å². The highest BCUT2D eigenvalue weighted by molar-refractivity contribution is 5.77. The number of carbonyl (C=O) groups excluding carboxylic acids is 1. The maximum Gasteiger partial charge on any atom is 0.223 e. The molecule has 132 valence electrons. The van der Waals surface area contributed by atoms with E-state index in [0.29, 0.717) is 19.6 Å². The molecule has 4 heteroatoms. The molecule has 0 aliphatic carbocycles. The summed E-state index contributed by atoms with van der Waals surface area (Å²) in [6.07, 6.45) is 4.02. The molecule has 0 radical (unpaired) electrons. The fourth-order valence-electron chi connectivity index (χ4n) is 3.43. The van der Waals surface area contributed by atoms with Crippen LogP contribution in [0.25, 0.3) is 0 Å². The molecule has 3 atom stereocenters. The molecule has 1 aliphatic rings. The van der Waals surface area contributed by atoms with Gasteiger partial charge in [0.05, 0.1) is 19.2 Å². The Morgan fingerprint density at radius 1 is 1.28 bits per heavy atom. The standard InChI is InChI=1S/C21H26N2O2/c1-15-6-4-5-7-19(15)20-13-23(17(3)14-25-20)21(24)12-16(2)18-8-10-22-11-9-18/h4-11,16-17,20H,12-14H2,1-3H3/t16-,17+,20+/m1/s1. The number of carbonyl (C=O) groups is 1. The van der Waals surface area contributed by atoms with E-state index in [-0.39, 0.29) is 24.0 Å². The van der Waals surface area contributed by atoms with Crippen LogP contribution in [0.4, 0.5) is 0 Å². The van der Waals surface area contributed by atoms with Crippen LogP contribution in [0, 0.1) is 6.92 Å². The van der Waals surface area contributed by atoms with Gasteiger partial charge in [-0.25, -0.2) is 0 Å². The van der Waals surface area contributed by atoms with Crippen LogP contribution in [0.3, 0.4) is 0 Å². The van der Waals surface area contributed by atoms with Gasteiger partial charge >= 0.3 is 0 Å². The van der Waals surface area contributed by atoms with Crippen LogP contribution in [0.5, 0.6) is 0 Å². The molecule has 1 aromatic carbocycles. The van der Waals surface area contributed by atoms with Gasteiger partial charge in [-0.15, -0.1) is 0 Å². The molecule has 1 amide bonds. The number of nitrogens with zero attached hydrogens (tertiary/aromatic N) is 2. The van der Waals surface area contributed by atoms with E-state index in [4.69, 9.17) is 4.74 Å². The molecular weight excluding hydrogens is 312 g/mol. The summed E-state index contributed by atoms with van der Waals surface area (Å²) in [5.74, 6) is 0.376. The van der Waals surface area contributed by atoms with Gasteiger partial charge in [-0.2, -0.15) is 0 Å². The smallest absolute Gasteiger partial charge is 0.223 e. The normalized spacial score (nSPS) is 21.8. The third-order valence-electron chi connectivity index (χ3n) is 5.04. The fraction of sp³-hybridized carbons (Fsp3) is 0.429. The van der Waals surface area contributed by atoms with Crippen LogP contribution in [0.1, 0.15) is 49.0 Å². The molecular formula is C21H26N2O2. The molecule has 3 rings (SSSR count). The molecule has 4 nitrogen and oxygen atoms in total. The van der Waals surface area contributed by atoms with Crippen molar-refractivity contribution in [2.24, 2.45) is 0 Å². The minimum absolute atomic E-state index is 0.0439. The molecule has 1 aliphatic heterocycles. The number of rotatable bonds is 4. The Morgan fingerprint density at radius 3 is 2.72 bits per heavy atom. The second kappa shape index (κ2) is 7.79. The monoisotopic (exact) mass is 338 g/mol. The molecule has 25 heavy (non-hydrogen) atoms. The lowest BCUT2D eigenvalue weighted by atomic mass is 9.96. The number of hydrogen-bond donors (Lipinski definition) is 0. The highest BCUT2D eigenvalue weighted by Gasteiger charge is 2.31. The van der Waals surface area contributed by atoms with E-state index in [1.54, 1.807) is 12.4 Å². The molecule has 0 N–H and O–H groups in total. The van der Waals surface area contributed by atoms with Crippen molar-refractivity contribution in [1.82, 2.24) is 9.88 Å². The van der Waals surface area contributed by atoms with E-state index in [1.807, 2.05) is 29.2 Å². The molecule has 1 saturated heterocycles. The molecule has 0 saturated carbocycles. The number of aromatic nitrogens is 1. The minimum Gasteiger partial charge on any atom is -0.370 e. The highest BCUT2D eigenvalue weighted by atomic mass is 16.5. The molecule has 1 aromatic heterocycles. The lowest BCUT2D eigenvalue weighted by molar-refractivity contribution is -0.144. The average molecular weight is 338 g/mol. The van der Waals surface area contributed by atoms with Crippen LogP contribution in [-0.4, -0.2) is 35.0 Å². The van der Waals surface area contributed by atoms with Gasteiger partial charge < -0.3 is 9.64 Å². The van der Waals surface area contributed by atoms with Crippen LogP contribution < -0.4 is 0 Å². The van der Waals surface area contributed by atoms with E-state index in [2.05, 4.69) is 37.9 Å². The largest absolute Gasteiger partial charge is 0.370 e. The van der Waals surface area contributed by atoms with E-state index in [0.717, 1.165) is 5.56 Å². The maximum atomic E-state index is 12.9. The Labute approximate surface area is 149 Å². The maximum absolute atomic E-state index is 12.9. The zero-order valence-corrected chi connectivity index (χ0v) is 15.2. The first-order chi connectivity index (χ1) is 12.1. The summed E-state index contributed by atoms with van der Waals surface area (Å²) in [5.41, 5.74) is 3.54. The lowest BCUT2D eigenvalue weighted by Crippen LogP contribution is -2.48. The summed E-state index contributed by atoms with van der Waals surface area (Å²) in [6.45, 7) is 7.44. The topological polar surface area (TPSA) is 42.4 Å². The van der Waals surface area contributed by atoms with Gasteiger partial charge in [-0.3, -0.25) is 9.78 Å². The predicted octanol–water partition coefficient (Wildman–Crippen LogP) is 3.87. The second-order valence-corrected chi connectivity index (χ2v) is 6.96. The lowest BCUT2D eigenvalue weighted by Gasteiger charge is -2.39. The molecule has 0 bridgehead atoms. The number of benzene rings is 1.